The van der Waals surface area contributed by atoms with E-state index in [4.69, 9.17) is 14.2 Å². The molecule has 3 aromatic rings. The van der Waals surface area contributed by atoms with E-state index in [-0.39, 0.29) is 11.3 Å². The Kier molecular flexibility index (Phi) is 7.53. The minimum atomic E-state index is -0.837. The predicted molar refractivity (Wildman–Crippen MR) is 142 cm³/mol. The Morgan fingerprint density at radius 2 is 1.57 bits per heavy atom. The topological polar surface area (TPSA) is 85.3 Å². The first-order chi connectivity index (χ1) is 17.7. The van der Waals surface area contributed by atoms with Crippen LogP contribution in [0.3, 0.4) is 0 Å². The second kappa shape index (κ2) is 10.8. The zero-order valence-electron chi connectivity index (χ0n) is 21.6. The molecule has 37 heavy (non-hydrogen) atoms. The largest absolute Gasteiger partial charge is 0.507 e. The van der Waals surface area contributed by atoms with Gasteiger partial charge in [-0.15, -0.1) is 0 Å². The van der Waals surface area contributed by atoms with E-state index in [0.29, 0.717) is 46.6 Å². The van der Waals surface area contributed by atoms with Gasteiger partial charge in [-0.2, -0.15) is 0 Å². The highest BCUT2D eigenvalue weighted by molar-refractivity contribution is 6.51. The molecule has 0 aliphatic carbocycles. The number of anilines is 1. The summed E-state index contributed by atoms with van der Waals surface area (Å²) in [5.41, 5.74) is 2.41. The maximum atomic E-state index is 13.4. The van der Waals surface area contributed by atoms with Crippen molar-refractivity contribution in [3.8, 4) is 17.2 Å². The Morgan fingerprint density at radius 3 is 2.14 bits per heavy atom. The number of aliphatic hydroxyl groups excluding tert-OH is 1. The quantitative estimate of drug-likeness (QED) is 0.243. The summed E-state index contributed by atoms with van der Waals surface area (Å²) in [4.78, 5) is 28.2. The van der Waals surface area contributed by atoms with Crippen molar-refractivity contribution in [3.63, 3.8) is 0 Å². The van der Waals surface area contributed by atoms with Gasteiger partial charge in [-0.25, -0.2) is 0 Å². The summed E-state index contributed by atoms with van der Waals surface area (Å²) in [6, 6.07) is 18.4. The van der Waals surface area contributed by atoms with Crippen molar-refractivity contribution in [2.75, 3.05) is 25.7 Å². The molecule has 192 valence electrons. The van der Waals surface area contributed by atoms with Crippen LogP contribution in [-0.4, -0.2) is 37.6 Å². The monoisotopic (exact) mass is 501 g/mol. The van der Waals surface area contributed by atoms with Crippen LogP contribution >= 0.6 is 0 Å². The number of methoxy groups -OCH3 is 2. The van der Waals surface area contributed by atoms with E-state index in [1.54, 1.807) is 80.9 Å². The second-order valence-electron chi connectivity index (χ2n) is 9.33. The van der Waals surface area contributed by atoms with Crippen LogP contribution in [0, 0.1) is 12.8 Å². The minimum absolute atomic E-state index is 0.0138. The van der Waals surface area contributed by atoms with Crippen molar-refractivity contribution in [2.45, 2.75) is 26.8 Å². The molecule has 1 aliphatic heterocycles. The van der Waals surface area contributed by atoms with Crippen molar-refractivity contribution < 1.29 is 28.9 Å². The molecule has 0 bridgehead atoms. The van der Waals surface area contributed by atoms with Crippen molar-refractivity contribution >= 4 is 23.1 Å². The van der Waals surface area contributed by atoms with Gasteiger partial charge in [-0.1, -0.05) is 26.0 Å². The molecule has 0 spiro atoms. The Morgan fingerprint density at radius 1 is 0.919 bits per heavy atom. The third kappa shape index (κ3) is 5.16. The molecule has 0 saturated carbocycles. The normalized spacial score (nSPS) is 16.8. The molecule has 1 N–H and O–H groups in total. The lowest BCUT2D eigenvalue weighted by atomic mass is 9.94. The number of ether oxygens (including phenoxy) is 3. The summed E-state index contributed by atoms with van der Waals surface area (Å²) in [5, 5.41) is 11.4. The smallest absolute Gasteiger partial charge is 0.300 e. The van der Waals surface area contributed by atoms with Crippen molar-refractivity contribution in [3.05, 3.63) is 89.0 Å². The van der Waals surface area contributed by atoms with Gasteiger partial charge in [-0.05, 0) is 78.6 Å². The standard InChI is InChI=1S/C30H31NO6/c1-18(2)17-37-24-13-9-22(10-14-24)31-27(20-6-11-23(35-4)12-7-20)26(29(33)30(31)34)28(32)21-8-15-25(36-5)19(3)16-21/h6-16,18,27,32H,17H2,1-5H3/b28-26-. The van der Waals surface area contributed by atoms with E-state index in [1.165, 1.54) is 4.90 Å². The Balaban J connectivity index is 1.83. The number of benzene rings is 3. The summed E-state index contributed by atoms with van der Waals surface area (Å²) < 4.78 is 16.4. The van der Waals surface area contributed by atoms with E-state index in [0.717, 1.165) is 5.56 Å². The lowest BCUT2D eigenvalue weighted by Crippen LogP contribution is -2.29. The first-order valence-electron chi connectivity index (χ1n) is 12.1. The van der Waals surface area contributed by atoms with E-state index in [9.17, 15) is 14.7 Å². The fraction of sp³-hybridized carbons (Fsp3) is 0.267. The number of ketones is 1. The number of hydrogen-bond acceptors (Lipinski definition) is 6. The Bertz CT molecular complexity index is 1330. The molecule has 3 aromatic carbocycles. The molecule has 1 aliphatic rings. The number of carbonyl (C=O) groups is 2. The van der Waals surface area contributed by atoms with Gasteiger partial charge in [0.25, 0.3) is 11.7 Å². The van der Waals surface area contributed by atoms with Crippen LogP contribution in [-0.2, 0) is 9.59 Å². The zero-order chi connectivity index (χ0) is 26.7. The third-order valence-electron chi connectivity index (χ3n) is 6.24. The van der Waals surface area contributed by atoms with Crippen molar-refractivity contribution in [1.29, 1.82) is 0 Å². The van der Waals surface area contributed by atoms with Crippen LogP contribution < -0.4 is 19.1 Å². The van der Waals surface area contributed by atoms with Gasteiger partial charge in [0.15, 0.2) is 0 Å². The molecule has 1 fully saturated rings. The summed E-state index contributed by atoms with van der Waals surface area (Å²) in [5.74, 6) is 0.610. The number of nitrogens with zero attached hydrogens (tertiary/aromatic N) is 1. The molecule has 4 rings (SSSR count). The predicted octanol–water partition coefficient (Wildman–Crippen LogP) is 5.67. The highest BCUT2D eigenvalue weighted by Gasteiger charge is 2.47. The fourth-order valence-corrected chi connectivity index (χ4v) is 4.35. The molecule has 1 unspecified atom stereocenters. The molecule has 0 aromatic heterocycles. The Labute approximate surface area is 216 Å². The number of Topliss-reactive ketones (excluding diaryl/α,β-unsaturated/α-hetero) is 1. The number of aryl methyl sites for hydroxylation is 1. The van der Waals surface area contributed by atoms with Crippen LogP contribution in [0.2, 0.25) is 0 Å². The molecule has 1 amide bonds. The lowest BCUT2D eigenvalue weighted by molar-refractivity contribution is -0.132. The van der Waals surface area contributed by atoms with Crippen LogP contribution in [0.25, 0.3) is 5.76 Å². The number of carbonyl (C=O) groups excluding carboxylic acids is 2. The van der Waals surface area contributed by atoms with E-state index in [1.807, 2.05) is 6.92 Å². The van der Waals surface area contributed by atoms with Gasteiger partial charge in [0.05, 0.1) is 32.4 Å². The molecule has 0 radical (unpaired) electrons. The van der Waals surface area contributed by atoms with Gasteiger partial charge < -0.3 is 19.3 Å². The average molecular weight is 502 g/mol. The maximum Gasteiger partial charge on any atom is 0.300 e. The number of amides is 1. The molecule has 1 heterocycles. The van der Waals surface area contributed by atoms with Gasteiger partial charge in [-0.3, -0.25) is 14.5 Å². The summed E-state index contributed by atoms with van der Waals surface area (Å²) in [6.45, 7) is 6.54. The van der Waals surface area contributed by atoms with Gasteiger partial charge >= 0.3 is 0 Å². The first kappa shape index (κ1) is 25.8. The van der Waals surface area contributed by atoms with Crippen LogP contribution in [0.15, 0.2) is 72.3 Å². The third-order valence-corrected chi connectivity index (χ3v) is 6.24. The molecule has 1 atom stereocenters. The fourth-order valence-electron chi connectivity index (χ4n) is 4.35. The van der Waals surface area contributed by atoms with Crippen LogP contribution in [0.4, 0.5) is 5.69 Å². The highest BCUT2D eigenvalue weighted by atomic mass is 16.5. The van der Waals surface area contributed by atoms with Crippen molar-refractivity contribution in [2.24, 2.45) is 5.92 Å². The van der Waals surface area contributed by atoms with Crippen LogP contribution in [0.5, 0.6) is 17.2 Å². The average Bonchev–Trinajstić information content (AvgIpc) is 3.17. The maximum absolute atomic E-state index is 13.4. The lowest BCUT2D eigenvalue weighted by Gasteiger charge is -2.26. The minimum Gasteiger partial charge on any atom is -0.507 e. The molecule has 1 saturated heterocycles. The molecular formula is C30H31NO6. The number of rotatable bonds is 8. The molecule has 7 nitrogen and oxygen atoms in total. The summed E-state index contributed by atoms with van der Waals surface area (Å²) in [6.07, 6.45) is 0. The molecular weight excluding hydrogens is 470 g/mol. The van der Waals surface area contributed by atoms with E-state index in [2.05, 4.69) is 13.8 Å². The number of hydrogen-bond donors (Lipinski definition) is 1. The number of aliphatic hydroxyl groups is 1. The second-order valence-corrected chi connectivity index (χ2v) is 9.33. The SMILES string of the molecule is COc1ccc(C2/C(=C(/O)c3ccc(OC)c(C)c3)C(=O)C(=O)N2c2ccc(OCC(C)C)cc2)cc1. The van der Waals surface area contributed by atoms with E-state index >= 15 is 0 Å². The van der Waals surface area contributed by atoms with Gasteiger partial charge in [0.2, 0.25) is 0 Å². The highest BCUT2D eigenvalue weighted by Crippen LogP contribution is 2.43. The molecule has 7 heteroatoms. The van der Waals surface area contributed by atoms with Crippen molar-refractivity contribution in [1.82, 2.24) is 0 Å². The van der Waals surface area contributed by atoms with Gasteiger partial charge in [0, 0.05) is 11.3 Å². The zero-order valence-corrected chi connectivity index (χ0v) is 21.6. The Hall–Kier alpha value is -4.26. The van der Waals surface area contributed by atoms with E-state index < -0.39 is 17.7 Å². The first-order valence-corrected chi connectivity index (χ1v) is 12.1. The summed E-state index contributed by atoms with van der Waals surface area (Å²) >= 11 is 0. The summed E-state index contributed by atoms with van der Waals surface area (Å²) in [7, 11) is 3.13. The van der Waals surface area contributed by atoms with Gasteiger partial charge in [0.1, 0.15) is 23.0 Å². The van der Waals surface area contributed by atoms with Crippen LogP contribution in [0.1, 0.15) is 36.6 Å².